The number of anilines is 1. The van der Waals surface area contributed by atoms with Gasteiger partial charge in [0.05, 0.1) is 10.6 Å². The average molecular weight is 581 g/mol. The van der Waals surface area contributed by atoms with Crippen LogP contribution in [0.15, 0.2) is 71.6 Å². The number of amides is 2. The lowest BCUT2D eigenvalue weighted by Crippen LogP contribution is -2.51. The lowest BCUT2D eigenvalue weighted by atomic mass is 10.1. The summed E-state index contributed by atoms with van der Waals surface area (Å²) in [6.07, 6.45) is 0.237. The molecule has 3 rings (SSSR count). The number of para-hydroxylation sites is 1. The van der Waals surface area contributed by atoms with Gasteiger partial charge in [0.2, 0.25) is 11.8 Å². The van der Waals surface area contributed by atoms with E-state index >= 15 is 0 Å². The molecule has 7 nitrogen and oxygen atoms in total. The second-order valence-corrected chi connectivity index (χ2v) is 11.3. The van der Waals surface area contributed by atoms with Gasteiger partial charge in [0.15, 0.2) is 0 Å². The first-order valence-electron chi connectivity index (χ1n) is 11.8. The van der Waals surface area contributed by atoms with E-state index in [9.17, 15) is 22.4 Å². The first kappa shape index (κ1) is 29.4. The highest BCUT2D eigenvalue weighted by atomic mass is 35.5. The zero-order valence-corrected chi connectivity index (χ0v) is 23.4. The molecule has 0 aliphatic carbocycles. The van der Waals surface area contributed by atoms with Crippen molar-refractivity contribution >= 4 is 50.7 Å². The second-order valence-electron chi connectivity index (χ2n) is 8.57. The van der Waals surface area contributed by atoms with Crippen LogP contribution in [0.4, 0.5) is 10.1 Å². The van der Waals surface area contributed by atoms with Gasteiger partial charge in [-0.3, -0.25) is 13.9 Å². The molecule has 0 heterocycles. The molecular weight excluding hydrogens is 552 g/mol. The third-order valence-electron chi connectivity index (χ3n) is 6.00. The molecule has 0 spiro atoms. The van der Waals surface area contributed by atoms with E-state index in [-0.39, 0.29) is 28.6 Å². The van der Waals surface area contributed by atoms with Crippen molar-refractivity contribution in [2.75, 3.05) is 17.9 Å². The number of carbonyl (C=O) groups is 2. The molecule has 0 aromatic heterocycles. The van der Waals surface area contributed by atoms with Crippen molar-refractivity contribution in [2.24, 2.45) is 0 Å². The zero-order valence-electron chi connectivity index (χ0n) is 21.1. The van der Waals surface area contributed by atoms with Gasteiger partial charge >= 0.3 is 0 Å². The lowest BCUT2D eigenvalue weighted by Gasteiger charge is -2.33. The molecule has 1 N–H and O–H groups in total. The fourth-order valence-electron chi connectivity index (χ4n) is 3.92. The number of nitrogens with one attached hydrogen (secondary N) is 1. The number of sulfonamides is 1. The minimum atomic E-state index is -4.37. The topological polar surface area (TPSA) is 86.8 Å². The maximum absolute atomic E-state index is 14.9. The van der Waals surface area contributed by atoms with Crippen molar-refractivity contribution < 1.29 is 22.4 Å². The molecule has 3 aromatic rings. The number of likely N-dealkylation sites (N-methyl/N-ethyl adjacent to an activating group) is 1. The van der Waals surface area contributed by atoms with Crippen molar-refractivity contribution in [1.29, 1.82) is 0 Å². The molecule has 0 radical (unpaired) electrons. The molecule has 1 atom stereocenters. The van der Waals surface area contributed by atoms with Crippen LogP contribution in [0.5, 0.6) is 0 Å². The first-order chi connectivity index (χ1) is 18.0. The molecule has 0 unspecified atom stereocenters. The van der Waals surface area contributed by atoms with Gasteiger partial charge in [-0.2, -0.15) is 0 Å². The van der Waals surface area contributed by atoms with E-state index in [1.54, 1.807) is 38.1 Å². The summed E-state index contributed by atoms with van der Waals surface area (Å²) in [5.41, 5.74) is 1.05. The summed E-state index contributed by atoms with van der Waals surface area (Å²) < 4.78 is 43.1. The fraction of sp³-hybridized carbons (Fsp3) is 0.259. The molecule has 202 valence electrons. The zero-order chi connectivity index (χ0) is 28.0. The van der Waals surface area contributed by atoms with E-state index in [0.29, 0.717) is 10.6 Å². The molecule has 11 heteroatoms. The Morgan fingerprint density at radius 3 is 2.26 bits per heavy atom. The highest BCUT2D eigenvalue weighted by molar-refractivity contribution is 7.92. The van der Waals surface area contributed by atoms with Crippen LogP contribution in [0, 0.1) is 12.7 Å². The van der Waals surface area contributed by atoms with Gasteiger partial charge in [-0.25, -0.2) is 12.8 Å². The average Bonchev–Trinajstić information content (AvgIpc) is 2.88. The summed E-state index contributed by atoms with van der Waals surface area (Å²) >= 11 is 12.4. The summed E-state index contributed by atoms with van der Waals surface area (Å²) in [6.45, 7) is 2.67. The Labute approximate surface area is 232 Å². The third-order valence-corrected chi connectivity index (χ3v) is 8.36. The minimum absolute atomic E-state index is 0.101. The largest absolute Gasteiger partial charge is 0.357 e. The number of carbonyl (C=O) groups excluding carboxylic acids is 2. The van der Waals surface area contributed by atoms with Crippen molar-refractivity contribution in [1.82, 2.24) is 10.2 Å². The molecule has 0 aliphatic heterocycles. The molecule has 3 aromatic carbocycles. The Bertz CT molecular complexity index is 1420. The first-order valence-corrected chi connectivity index (χ1v) is 14.0. The lowest BCUT2D eigenvalue weighted by molar-refractivity contribution is -0.140. The molecular formula is C27H28Cl2FN3O4S. The van der Waals surface area contributed by atoms with Crippen LogP contribution in [0.1, 0.15) is 24.5 Å². The van der Waals surface area contributed by atoms with Gasteiger partial charge in [0.25, 0.3) is 10.0 Å². The summed E-state index contributed by atoms with van der Waals surface area (Å²) in [5, 5.41) is 3.21. The monoisotopic (exact) mass is 579 g/mol. The minimum Gasteiger partial charge on any atom is -0.357 e. The number of rotatable bonds is 10. The Balaban J connectivity index is 2.09. The maximum atomic E-state index is 14.9. The molecule has 38 heavy (non-hydrogen) atoms. The number of hydrogen-bond acceptors (Lipinski definition) is 4. The molecule has 2 amide bonds. The maximum Gasteiger partial charge on any atom is 0.264 e. The van der Waals surface area contributed by atoms with Crippen LogP contribution < -0.4 is 9.62 Å². The number of hydrogen-bond donors (Lipinski definition) is 1. The van der Waals surface area contributed by atoms with Crippen LogP contribution in [-0.4, -0.2) is 44.8 Å². The van der Waals surface area contributed by atoms with E-state index in [0.717, 1.165) is 15.9 Å². The summed E-state index contributed by atoms with van der Waals surface area (Å²) in [4.78, 5) is 27.7. The number of halogens is 3. The van der Waals surface area contributed by atoms with Gasteiger partial charge in [0.1, 0.15) is 18.4 Å². The highest BCUT2D eigenvalue weighted by Gasteiger charge is 2.34. The fourth-order valence-corrected chi connectivity index (χ4v) is 5.81. The van der Waals surface area contributed by atoms with Crippen molar-refractivity contribution in [3.05, 3.63) is 93.7 Å². The molecule has 0 aliphatic rings. The highest BCUT2D eigenvalue weighted by Crippen LogP contribution is 2.28. The normalized spacial score (nSPS) is 12.1. The van der Waals surface area contributed by atoms with E-state index in [1.807, 2.05) is 0 Å². The van der Waals surface area contributed by atoms with Crippen LogP contribution in [0.3, 0.4) is 0 Å². The number of nitrogens with zero attached hydrogens (tertiary/aromatic N) is 2. The smallest absolute Gasteiger partial charge is 0.264 e. The quantitative estimate of drug-likeness (QED) is 0.358. The van der Waals surface area contributed by atoms with E-state index in [4.69, 9.17) is 23.2 Å². The van der Waals surface area contributed by atoms with Gasteiger partial charge in [0, 0.05) is 23.6 Å². The Hall–Kier alpha value is -3.14. The molecule has 0 saturated heterocycles. The van der Waals surface area contributed by atoms with Gasteiger partial charge in [-0.1, -0.05) is 66.0 Å². The van der Waals surface area contributed by atoms with Gasteiger partial charge < -0.3 is 10.2 Å². The van der Waals surface area contributed by atoms with E-state index in [2.05, 4.69) is 5.32 Å². The van der Waals surface area contributed by atoms with Crippen molar-refractivity contribution in [3.8, 4) is 0 Å². The standard InChI is InChI=1S/C27H28Cl2FN3O4S/c1-4-24(27(35)31-3)32(16-19-11-12-20(28)15-22(19)29)26(34)17-33(25-8-6-5-7-23(25)30)38(36,37)21-13-9-18(2)10-14-21/h5-15,24H,4,16-17H2,1-3H3,(H,31,35)/t24-/m0/s1. The van der Waals surface area contributed by atoms with Crippen molar-refractivity contribution in [2.45, 2.75) is 37.8 Å². The molecule has 0 saturated carbocycles. The summed E-state index contributed by atoms with van der Waals surface area (Å²) in [5.74, 6) is -1.98. The van der Waals surface area contributed by atoms with E-state index < -0.39 is 40.2 Å². The summed E-state index contributed by atoms with van der Waals surface area (Å²) in [6, 6.07) is 15.1. The predicted molar refractivity (Wildman–Crippen MR) is 147 cm³/mol. The number of aryl methyl sites for hydroxylation is 1. The summed E-state index contributed by atoms with van der Waals surface area (Å²) in [7, 11) is -2.92. The molecule has 0 bridgehead atoms. The van der Waals surface area contributed by atoms with Crippen molar-refractivity contribution in [3.63, 3.8) is 0 Å². The van der Waals surface area contributed by atoms with Crippen LogP contribution >= 0.6 is 23.2 Å². The van der Waals surface area contributed by atoms with Crippen LogP contribution in [0.25, 0.3) is 0 Å². The Morgan fingerprint density at radius 2 is 1.68 bits per heavy atom. The number of benzene rings is 3. The van der Waals surface area contributed by atoms with Gasteiger partial charge in [-0.15, -0.1) is 0 Å². The SMILES string of the molecule is CC[C@@H](C(=O)NC)N(Cc1ccc(Cl)cc1Cl)C(=O)CN(c1ccccc1F)S(=O)(=O)c1ccc(C)cc1. The Kier molecular flexibility index (Phi) is 9.76. The van der Waals surface area contributed by atoms with E-state index in [1.165, 1.54) is 48.3 Å². The van der Waals surface area contributed by atoms with Gasteiger partial charge in [-0.05, 0) is 55.3 Å². The Morgan fingerprint density at radius 1 is 1.03 bits per heavy atom. The van der Waals surface area contributed by atoms with Crippen LogP contribution in [-0.2, 0) is 26.2 Å². The second kappa shape index (κ2) is 12.6. The molecule has 0 fully saturated rings. The van der Waals surface area contributed by atoms with Crippen LogP contribution in [0.2, 0.25) is 10.0 Å². The third kappa shape index (κ3) is 6.64. The predicted octanol–water partition coefficient (Wildman–Crippen LogP) is 5.19.